The Bertz CT molecular complexity index is 469. The summed E-state index contributed by atoms with van der Waals surface area (Å²) in [5.74, 6) is -0.832. The third-order valence-electron chi connectivity index (χ3n) is 4.36. The van der Waals surface area contributed by atoms with Crippen LogP contribution in [0, 0.1) is 11.8 Å². The third-order valence-corrected chi connectivity index (χ3v) is 4.59. The van der Waals surface area contributed by atoms with E-state index in [1.54, 1.807) is 12.1 Å². The number of rotatable bonds is 7. The van der Waals surface area contributed by atoms with Gasteiger partial charge in [-0.15, -0.1) is 0 Å². The van der Waals surface area contributed by atoms with Gasteiger partial charge in [0, 0.05) is 5.02 Å². The third kappa shape index (κ3) is 5.33. The van der Waals surface area contributed by atoms with E-state index in [4.69, 9.17) is 11.6 Å². The van der Waals surface area contributed by atoms with Gasteiger partial charge in [0.25, 0.3) is 0 Å². The Kier molecular flexibility index (Phi) is 6.07. The number of carboxylic acid groups (broad SMARTS) is 1. The fraction of sp³-hybridized carbons (Fsp3) is 0.588. The van der Waals surface area contributed by atoms with Crippen molar-refractivity contribution >= 4 is 17.6 Å². The number of carbonyl (C=O) groups is 1. The van der Waals surface area contributed by atoms with Crippen LogP contribution in [0.3, 0.4) is 0 Å². The van der Waals surface area contributed by atoms with Gasteiger partial charge < -0.3 is 10.2 Å². The summed E-state index contributed by atoms with van der Waals surface area (Å²) in [6.45, 7) is 0. The van der Waals surface area contributed by atoms with Crippen molar-refractivity contribution < 1.29 is 15.0 Å². The zero-order chi connectivity index (χ0) is 15.2. The van der Waals surface area contributed by atoms with Crippen LogP contribution in [0.1, 0.15) is 44.1 Å². The van der Waals surface area contributed by atoms with Crippen molar-refractivity contribution in [2.24, 2.45) is 11.8 Å². The minimum atomic E-state index is -0.847. The Hall–Kier alpha value is -1.06. The fourth-order valence-corrected chi connectivity index (χ4v) is 3.49. The van der Waals surface area contributed by atoms with Crippen molar-refractivity contribution in [2.45, 2.75) is 51.0 Å². The standard InChI is InChI=1S/C17H23ClO3/c18-15-7-3-6-13(9-15)8-14(17(20)21)11-16(19)10-12-4-1-2-5-12/h3,6-7,9,12,14,16,19H,1-2,4-5,8,10-11H2,(H,20,21). The summed E-state index contributed by atoms with van der Waals surface area (Å²) in [5, 5.41) is 20.2. The van der Waals surface area contributed by atoms with Crippen molar-refractivity contribution in [1.82, 2.24) is 0 Å². The van der Waals surface area contributed by atoms with Gasteiger partial charge >= 0.3 is 5.97 Å². The van der Waals surface area contributed by atoms with Gasteiger partial charge in [-0.25, -0.2) is 0 Å². The van der Waals surface area contributed by atoms with E-state index in [0.717, 1.165) is 12.0 Å². The van der Waals surface area contributed by atoms with E-state index in [1.165, 1.54) is 25.7 Å². The predicted octanol–water partition coefficient (Wildman–Crippen LogP) is 3.91. The van der Waals surface area contributed by atoms with Gasteiger partial charge in [0.2, 0.25) is 0 Å². The topological polar surface area (TPSA) is 57.5 Å². The SMILES string of the molecule is O=C(O)C(Cc1cccc(Cl)c1)CC(O)CC1CCCC1. The highest BCUT2D eigenvalue weighted by atomic mass is 35.5. The lowest BCUT2D eigenvalue weighted by Gasteiger charge is -2.19. The quantitative estimate of drug-likeness (QED) is 0.802. The molecule has 2 unspecified atom stereocenters. The maximum atomic E-state index is 11.4. The van der Waals surface area contributed by atoms with Crippen molar-refractivity contribution in [2.75, 3.05) is 0 Å². The molecule has 116 valence electrons. The fourth-order valence-electron chi connectivity index (χ4n) is 3.28. The smallest absolute Gasteiger partial charge is 0.306 e. The molecular formula is C17H23ClO3. The Morgan fingerprint density at radius 2 is 2.05 bits per heavy atom. The van der Waals surface area contributed by atoms with E-state index in [9.17, 15) is 15.0 Å². The van der Waals surface area contributed by atoms with Crippen LogP contribution in [-0.2, 0) is 11.2 Å². The lowest BCUT2D eigenvalue weighted by atomic mass is 9.89. The van der Waals surface area contributed by atoms with Crippen molar-refractivity contribution in [3.05, 3.63) is 34.9 Å². The Morgan fingerprint density at radius 1 is 1.33 bits per heavy atom. The summed E-state index contributed by atoms with van der Waals surface area (Å²) in [5.41, 5.74) is 0.906. The van der Waals surface area contributed by atoms with Crippen molar-refractivity contribution in [3.63, 3.8) is 0 Å². The molecule has 0 aliphatic heterocycles. The molecule has 0 aromatic heterocycles. The highest BCUT2D eigenvalue weighted by Gasteiger charge is 2.25. The molecule has 0 spiro atoms. The second-order valence-corrected chi connectivity index (χ2v) is 6.58. The second kappa shape index (κ2) is 7.81. The molecule has 0 bridgehead atoms. The van der Waals surface area contributed by atoms with Gasteiger partial charge in [-0.3, -0.25) is 4.79 Å². The van der Waals surface area contributed by atoms with Crippen LogP contribution in [0.2, 0.25) is 5.02 Å². The minimum Gasteiger partial charge on any atom is -0.481 e. The number of aliphatic hydroxyl groups is 1. The Morgan fingerprint density at radius 3 is 2.67 bits per heavy atom. The average Bonchev–Trinajstić information content (AvgIpc) is 2.90. The number of hydrogen-bond acceptors (Lipinski definition) is 2. The molecule has 0 radical (unpaired) electrons. The average molecular weight is 311 g/mol. The molecule has 3 nitrogen and oxygen atoms in total. The molecule has 21 heavy (non-hydrogen) atoms. The van der Waals surface area contributed by atoms with Crippen LogP contribution in [0.5, 0.6) is 0 Å². The van der Waals surface area contributed by atoms with Gasteiger partial charge in [-0.05, 0) is 42.9 Å². The molecule has 1 aromatic carbocycles. The molecule has 4 heteroatoms. The molecule has 0 amide bonds. The van der Waals surface area contributed by atoms with Crippen molar-refractivity contribution in [3.8, 4) is 0 Å². The summed E-state index contributed by atoms with van der Waals surface area (Å²) in [4.78, 5) is 11.4. The maximum absolute atomic E-state index is 11.4. The molecule has 1 aliphatic carbocycles. The molecular weight excluding hydrogens is 288 g/mol. The monoisotopic (exact) mass is 310 g/mol. The first-order chi connectivity index (χ1) is 10.0. The highest BCUT2D eigenvalue weighted by molar-refractivity contribution is 6.30. The lowest BCUT2D eigenvalue weighted by Crippen LogP contribution is -2.24. The van der Waals surface area contributed by atoms with Crippen LogP contribution in [-0.4, -0.2) is 22.3 Å². The summed E-state index contributed by atoms with van der Waals surface area (Å²) >= 11 is 5.93. The van der Waals surface area contributed by atoms with Crippen LogP contribution in [0.25, 0.3) is 0 Å². The van der Waals surface area contributed by atoms with Gasteiger partial charge in [-0.1, -0.05) is 49.4 Å². The van der Waals surface area contributed by atoms with E-state index >= 15 is 0 Å². The molecule has 1 aromatic rings. The van der Waals surface area contributed by atoms with Crippen LogP contribution < -0.4 is 0 Å². The number of halogens is 1. The Balaban J connectivity index is 1.90. The first kappa shape index (κ1) is 16.3. The number of aliphatic carboxylic acids is 1. The van der Waals surface area contributed by atoms with E-state index in [0.29, 0.717) is 23.8 Å². The zero-order valence-corrected chi connectivity index (χ0v) is 12.9. The number of benzene rings is 1. The van der Waals surface area contributed by atoms with Gasteiger partial charge in [0.05, 0.1) is 12.0 Å². The van der Waals surface area contributed by atoms with Gasteiger partial charge in [0.1, 0.15) is 0 Å². The largest absolute Gasteiger partial charge is 0.481 e. The second-order valence-electron chi connectivity index (χ2n) is 6.14. The van der Waals surface area contributed by atoms with Crippen molar-refractivity contribution in [1.29, 1.82) is 0 Å². The molecule has 2 atom stereocenters. The predicted molar refractivity (Wildman–Crippen MR) is 83.5 cm³/mol. The minimum absolute atomic E-state index is 0.318. The van der Waals surface area contributed by atoms with E-state index in [-0.39, 0.29) is 0 Å². The molecule has 2 N–H and O–H groups in total. The van der Waals surface area contributed by atoms with E-state index in [2.05, 4.69) is 0 Å². The molecule has 1 fully saturated rings. The normalized spacial score (nSPS) is 18.6. The number of carboxylic acids is 1. The molecule has 2 rings (SSSR count). The van der Waals surface area contributed by atoms with E-state index in [1.807, 2.05) is 12.1 Å². The Labute approximate surface area is 130 Å². The zero-order valence-electron chi connectivity index (χ0n) is 12.2. The summed E-state index contributed by atoms with van der Waals surface area (Å²) in [6, 6.07) is 7.27. The number of aliphatic hydroxyl groups excluding tert-OH is 1. The highest BCUT2D eigenvalue weighted by Crippen LogP contribution is 2.30. The van der Waals surface area contributed by atoms with Gasteiger partial charge in [-0.2, -0.15) is 0 Å². The van der Waals surface area contributed by atoms with Crippen LogP contribution in [0.4, 0.5) is 0 Å². The van der Waals surface area contributed by atoms with E-state index < -0.39 is 18.0 Å². The molecule has 0 saturated heterocycles. The van der Waals surface area contributed by atoms with Crippen LogP contribution in [0.15, 0.2) is 24.3 Å². The molecule has 1 aliphatic rings. The molecule has 0 heterocycles. The molecule has 1 saturated carbocycles. The number of hydrogen-bond donors (Lipinski definition) is 2. The van der Waals surface area contributed by atoms with Gasteiger partial charge in [0.15, 0.2) is 0 Å². The first-order valence-electron chi connectivity index (χ1n) is 7.70. The summed E-state index contributed by atoms with van der Waals surface area (Å²) < 4.78 is 0. The maximum Gasteiger partial charge on any atom is 0.306 e. The van der Waals surface area contributed by atoms with Crippen LogP contribution >= 0.6 is 11.6 Å². The first-order valence-corrected chi connectivity index (χ1v) is 8.07. The lowest BCUT2D eigenvalue weighted by molar-refractivity contribution is -0.142. The summed E-state index contributed by atoms with van der Waals surface area (Å²) in [7, 11) is 0. The summed E-state index contributed by atoms with van der Waals surface area (Å²) in [6.07, 6.45) is 5.76.